The first-order valence-corrected chi connectivity index (χ1v) is 12.3. The number of carbonyl (C=O) groups is 2. The van der Waals surface area contributed by atoms with Gasteiger partial charge in [0.1, 0.15) is 11.6 Å². The molecule has 208 valence electrons. The molecule has 2 aromatic rings. The van der Waals surface area contributed by atoms with Gasteiger partial charge >= 0.3 is 6.18 Å². The lowest BCUT2D eigenvalue weighted by molar-refractivity contribution is -0.138. The van der Waals surface area contributed by atoms with Crippen molar-refractivity contribution in [2.75, 3.05) is 17.8 Å². The first-order chi connectivity index (χ1) is 17.0. The standard InChI is InChI=1S/C22H19F6N3O5S.ClH/c1-36-16-3-2-10(4-12(16)22(26,27)28)8-31-15-5-11(19(32)30-18-7-21(18,24)25)13(23)6-17(15)37(34,35)9-14(29)20(31)33;/h2-6,14,18H,7-9,29H2,1H3,(H,30,32);1H/t14-,18?;/m0./s1. The number of carbonyl (C=O) groups excluding carboxylic acids is 2. The van der Waals surface area contributed by atoms with Crippen molar-refractivity contribution in [3.05, 3.63) is 52.8 Å². The third-order valence-corrected chi connectivity index (χ3v) is 7.74. The Morgan fingerprint density at radius 3 is 2.42 bits per heavy atom. The maximum absolute atomic E-state index is 14.8. The molecule has 1 aliphatic carbocycles. The molecule has 0 saturated heterocycles. The van der Waals surface area contributed by atoms with E-state index in [1.165, 1.54) is 6.07 Å². The number of alkyl halides is 5. The van der Waals surface area contributed by atoms with Crippen LogP contribution in [-0.4, -0.2) is 51.1 Å². The average Bonchev–Trinajstić information content (AvgIpc) is 3.41. The lowest BCUT2D eigenvalue weighted by atomic mass is 10.1. The summed E-state index contributed by atoms with van der Waals surface area (Å²) >= 11 is 0. The van der Waals surface area contributed by atoms with Gasteiger partial charge in [0.05, 0.1) is 53.2 Å². The quantitative estimate of drug-likeness (QED) is 0.519. The number of rotatable bonds is 5. The van der Waals surface area contributed by atoms with Crippen LogP contribution in [0.3, 0.4) is 0 Å². The van der Waals surface area contributed by atoms with Crippen LogP contribution < -0.4 is 20.7 Å². The van der Waals surface area contributed by atoms with Crippen molar-refractivity contribution in [3.8, 4) is 5.75 Å². The number of fused-ring (bicyclic) bond motifs is 1. The number of nitrogens with one attached hydrogen (secondary N) is 1. The zero-order chi connectivity index (χ0) is 27.5. The molecule has 16 heteroatoms. The van der Waals surface area contributed by atoms with Gasteiger partial charge in [-0.3, -0.25) is 9.59 Å². The maximum atomic E-state index is 14.8. The van der Waals surface area contributed by atoms with Crippen LogP contribution in [0, 0.1) is 5.82 Å². The van der Waals surface area contributed by atoms with E-state index in [0.29, 0.717) is 23.1 Å². The van der Waals surface area contributed by atoms with E-state index in [1.54, 1.807) is 0 Å². The summed E-state index contributed by atoms with van der Waals surface area (Å²) in [5.41, 5.74) is 3.08. The minimum absolute atomic E-state index is 0. The molecule has 1 aliphatic heterocycles. The van der Waals surface area contributed by atoms with E-state index in [1.807, 2.05) is 5.32 Å². The zero-order valence-electron chi connectivity index (χ0n) is 19.3. The van der Waals surface area contributed by atoms with Gasteiger partial charge in [0.15, 0.2) is 9.84 Å². The Morgan fingerprint density at radius 2 is 1.87 bits per heavy atom. The van der Waals surface area contributed by atoms with Crippen molar-refractivity contribution < 1.29 is 49.1 Å². The van der Waals surface area contributed by atoms with E-state index in [4.69, 9.17) is 10.5 Å². The van der Waals surface area contributed by atoms with Gasteiger partial charge < -0.3 is 20.7 Å². The zero-order valence-corrected chi connectivity index (χ0v) is 20.9. The highest BCUT2D eigenvalue weighted by atomic mass is 35.5. The van der Waals surface area contributed by atoms with Gasteiger partial charge in [-0.2, -0.15) is 13.2 Å². The molecule has 1 saturated carbocycles. The van der Waals surface area contributed by atoms with E-state index in [0.717, 1.165) is 13.2 Å². The summed E-state index contributed by atoms with van der Waals surface area (Å²) in [7, 11) is -3.37. The first-order valence-electron chi connectivity index (χ1n) is 10.6. The van der Waals surface area contributed by atoms with Crippen LogP contribution in [0.15, 0.2) is 35.2 Å². The molecule has 3 N–H and O–H groups in total. The second-order valence-corrected chi connectivity index (χ2v) is 10.6. The minimum atomic E-state index is -4.83. The summed E-state index contributed by atoms with van der Waals surface area (Å²) in [6, 6.07) is 0.801. The Bertz CT molecular complexity index is 1400. The number of halogens is 7. The van der Waals surface area contributed by atoms with Crippen molar-refractivity contribution in [2.24, 2.45) is 5.73 Å². The van der Waals surface area contributed by atoms with Crippen LogP contribution in [0.1, 0.15) is 27.9 Å². The van der Waals surface area contributed by atoms with Crippen molar-refractivity contribution in [1.29, 1.82) is 0 Å². The third-order valence-electron chi connectivity index (χ3n) is 5.94. The SMILES string of the molecule is COc1ccc(CN2C(=O)[C@@H](N)CS(=O)(=O)c3cc(F)c(C(=O)NC4CC4(F)F)cc32)cc1C(F)(F)F.Cl. The molecular weight excluding hydrogens is 568 g/mol. The van der Waals surface area contributed by atoms with Gasteiger partial charge in [0.25, 0.3) is 11.8 Å². The number of anilines is 1. The maximum Gasteiger partial charge on any atom is 0.419 e. The highest BCUT2D eigenvalue weighted by Crippen LogP contribution is 2.42. The second kappa shape index (κ2) is 9.93. The summed E-state index contributed by atoms with van der Waals surface area (Å²) in [6.45, 7) is -0.643. The Balaban J connectivity index is 0.00000400. The smallest absolute Gasteiger partial charge is 0.419 e. The summed E-state index contributed by atoms with van der Waals surface area (Å²) < 4.78 is 112. The predicted molar refractivity (Wildman–Crippen MR) is 124 cm³/mol. The van der Waals surface area contributed by atoms with Gasteiger partial charge in [-0.25, -0.2) is 21.6 Å². The Morgan fingerprint density at radius 1 is 1.24 bits per heavy atom. The second-order valence-electron chi connectivity index (χ2n) is 8.64. The fourth-order valence-electron chi connectivity index (χ4n) is 3.92. The predicted octanol–water partition coefficient (Wildman–Crippen LogP) is 3.06. The largest absolute Gasteiger partial charge is 0.496 e. The number of amides is 2. The minimum Gasteiger partial charge on any atom is -0.496 e. The number of nitrogens with two attached hydrogens (primary N) is 1. The lowest BCUT2D eigenvalue weighted by Gasteiger charge is -2.25. The van der Waals surface area contributed by atoms with Crippen LogP contribution in [-0.2, 0) is 27.4 Å². The fourth-order valence-corrected chi connectivity index (χ4v) is 5.49. The Kier molecular flexibility index (Phi) is 7.71. The molecule has 0 bridgehead atoms. The van der Waals surface area contributed by atoms with Crippen molar-refractivity contribution in [3.63, 3.8) is 0 Å². The lowest BCUT2D eigenvalue weighted by Crippen LogP contribution is -2.45. The van der Waals surface area contributed by atoms with E-state index >= 15 is 0 Å². The summed E-state index contributed by atoms with van der Waals surface area (Å²) in [5, 5.41) is 1.92. The number of sulfone groups is 1. The van der Waals surface area contributed by atoms with Crippen LogP contribution in [0.2, 0.25) is 0 Å². The summed E-state index contributed by atoms with van der Waals surface area (Å²) in [6.07, 6.45) is -5.50. The van der Waals surface area contributed by atoms with Gasteiger partial charge in [-0.1, -0.05) is 6.07 Å². The number of nitrogens with zero attached hydrogens (tertiary/aromatic N) is 1. The van der Waals surface area contributed by atoms with E-state index in [9.17, 15) is 44.3 Å². The van der Waals surface area contributed by atoms with E-state index in [2.05, 4.69) is 0 Å². The molecular formula is C22H20ClF6N3O5S. The van der Waals surface area contributed by atoms with Gasteiger partial charge in [-0.15, -0.1) is 12.4 Å². The van der Waals surface area contributed by atoms with Gasteiger partial charge in [0.2, 0.25) is 5.91 Å². The molecule has 0 radical (unpaired) electrons. The van der Waals surface area contributed by atoms with Crippen LogP contribution >= 0.6 is 12.4 Å². The Labute approximate surface area is 218 Å². The molecule has 1 heterocycles. The highest BCUT2D eigenvalue weighted by molar-refractivity contribution is 7.91. The monoisotopic (exact) mass is 587 g/mol. The molecule has 1 fully saturated rings. The molecule has 2 aromatic carbocycles. The first kappa shape index (κ1) is 29.5. The molecule has 1 unspecified atom stereocenters. The number of benzene rings is 2. The molecule has 2 atom stereocenters. The molecule has 8 nitrogen and oxygen atoms in total. The number of ether oxygens (including phenoxy) is 1. The number of hydrogen-bond donors (Lipinski definition) is 2. The van der Waals surface area contributed by atoms with Crippen LogP contribution in [0.25, 0.3) is 0 Å². The summed E-state index contributed by atoms with van der Waals surface area (Å²) in [5.74, 6) is -8.31. The Hall–Kier alpha value is -3.04. The number of hydrogen-bond acceptors (Lipinski definition) is 6. The molecule has 2 amide bonds. The van der Waals surface area contributed by atoms with E-state index < -0.39 is 97.8 Å². The number of methoxy groups -OCH3 is 1. The van der Waals surface area contributed by atoms with Crippen LogP contribution in [0.4, 0.5) is 32.0 Å². The van der Waals surface area contributed by atoms with Crippen molar-refractivity contribution in [1.82, 2.24) is 5.32 Å². The van der Waals surface area contributed by atoms with Crippen molar-refractivity contribution >= 4 is 39.7 Å². The van der Waals surface area contributed by atoms with Gasteiger partial charge in [0, 0.05) is 6.42 Å². The summed E-state index contributed by atoms with van der Waals surface area (Å²) in [4.78, 5) is 25.5. The molecule has 4 rings (SSSR count). The molecule has 0 aromatic heterocycles. The normalized spacial score (nSPS) is 21.6. The molecule has 2 aliphatic rings. The van der Waals surface area contributed by atoms with Crippen LogP contribution in [0.5, 0.6) is 5.75 Å². The van der Waals surface area contributed by atoms with Crippen molar-refractivity contribution in [2.45, 2.75) is 42.0 Å². The fraction of sp³-hybridized carbons (Fsp3) is 0.364. The average molecular weight is 588 g/mol. The topological polar surface area (TPSA) is 119 Å². The molecule has 0 spiro atoms. The van der Waals surface area contributed by atoms with Gasteiger partial charge in [-0.05, 0) is 29.8 Å². The van der Waals surface area contributed by atoms with E-state index in [-0.39, 0.29) is 18.0 Å². The highest BCUT2D eigenvalue weighted by Gasteiger charge is 2.58. The molecule has 38 heavy (non-hydrogen) atoms. The third kappa shape index (κ3) is 5.54.